The zero-order chi connectivity index (χ0) is 20.1. The van der Waals surface area contributed by atoms with E-state index in [1.807, 2.05) is 18.2 Å². The maximum absolute atomic E-state index is 14.0. The van der Waals surface area contributed by atoms with Crippen molar-refractivity contribution in [2.24, 2.45) is 4.99 Å². The first-order valence-electron chi connectivity index (χ1n) is 9.02. The van der Waals surface area contributed by atoms with Gasteiger partial charge in [-0.25, -0.2) is 9.38 Å². The third kappa shape index (κ3) is 2.78. The number of methoxy groups -OCH3 is 2. The van der Waals surface area contributed by atoms with Gasteiger partial charge in [-0.1, -0.05) is 17.8 Å². The van der Waals surface area contributed by atoms with E-state index in [9.17, 15) is 9.18 Å². The van der Waals surface area contributed by atoms with E-state index in [4.69, 9.17) is 19.2 Å². The number of thioether (sulfide) groups is 1. The summed E-state index contributed by atoms with van der Waals surface area (Å²) in [6.45, 7) is 0.262. The van der Waals surface area contributed by atoms with E-state index >= 15 is 0 Å². The van der Waals surface area contributed by atoms with E-state index in [2.05, 4.69) is 0 Å². The number of rotatable bonds is 3. The second-order valence-electron chi connectivity index (χ2n) is 6.77. The minimum absolute atomic E-state index is 0.0230. The van der Waals surface area contributed by atoms with Crippen LogP contribution in [0.15, 0.2) is 47.0 Å². The Bertz CT molecular complexity index is 1100. The normalized spacial score (nSPS) is 19.8. The molecule has 0 saturated carbocycles. The highest BCUT2D eigenvalue weighted by Gasteiger charge is 2.43. The fourth-order valence-electron chi connectivity index (χ4n) is 3.89. The summed E-state index contributed by atoms with van der Waals surface area (Å²) < 4.78 is 30.6. The van der Waals surface area contributed by atoms with Crippen LogP contribution in [-0.4, -0.2) is 42.6 Å². The zero-order valence-corrected chi connectivity index (χ0v) is 16.6. The van der Waals surface area contributed by atoms with Crippen LogP contribution in [0.5, 0.6) is 17.2 Å². The Morgan fingerprint density at radius 1 is 1.17 bits per heavy atom. The van der Waals surface area contributed by atoms with Gasteiger partial charge in [0, 0.05) is 11.1 Å². The smallest absolute Gasteiger partial charge is 0.239 e. The maximum Gasteiger partial charge on any atom is 0.239 e. The quantitative estimate of drug-likeness (QED) is 0.771. The summed E-state index contributed by atoms with van der Waals surface area (Å²) in [5.41, 5.74) is 2.93. The van der Waals surface area contributed by atoms with Crippen LogP contribution in [0.1, 0.15) is 17.2 Å². The van der Waals surface area contributed by atoms with Crippen LogP contribution in [0.4, 0.5) is 4.39 Å². The number of nitrogens with zero attached hydrogens (tertiary/aromatic N) is 2. The Kier molecular flexibility index (Phi) is 4.24. The molecular weight excluding hydrogens is 395 g/mol. The summed E-state index contributed by atoms with van der Waals surface area (Å²) >= 11 is 1.39. The Balaban J connectivity index is 1.71. The molecule has 8 heteroatoms. The van der Waals surface area contributed by atoms with Crippen LogP contribution in [0, 0.1) is 5.82 Å². The highest BCUT2D eigenvalue weighted by molar-refractivity contribution is 8.15. The van der Waals surface area contributed by atoms with E-state index in [-0.39, 0.29) is 18.3 Å². The van der Waals surface area contributed by atoms with Gasteiger partial charge in [-0.15, -0.1) is 0 Å². The summed E-state index contributed by atoms with van der Waals surface area (Å²) in [7, 11) is 3.14. The molecule has 3 aliphatic rings. The number of hydrogen-bond acceptors (Lipinski definition) is 6. The van der Waals surface area contributed by atoms with E-state index in [0.717, 1.165) is 11.1 Å². The SMILES string of the molecule is COc1ccc(C2C3=C(N=C4SCC(=O)N42)c2cc(F)ccc2OC3)cc1OC. The van der Waals surface area contributed by atoms with Crippen molar-refractivity contribution in [3.05, 3.63) is 58.9 Å². The molecule has 1 amide bonds. The Morgan fingerprint density at radius 2 is 2.00 bits per heavy atom. The van der Waals surface area contributed by atoms with Gasteiger partial charge in [-0.2, -0.15) is 0 Å². The summed E-state index contributed by atoms with van der Waals surface area (Å²) in [4.78, 5) is 19.1. The monoisotopic (exact) mass is 412 g/mol. The lowest BCUT2D eigenvalue weighted by Crippen LogP contribution is -2.39. The Hall–Kier alpha value is -3.00. The minimum atomic E-state index is -0.406. The van der Waals surface area contributed by atoms with Gasteiger partial charge >= 0.3 is 0 Å². The number of carbonyl (C=O) groups excluding carboxylic acids is 1. The van der Waals surface area contributed by atoms with Crippen molar-refractivity contribution in [3.63, 3.8) is 0 Å². The van der Waals surface area contributed by atoms with Crippen molar-refractivity contribution in [3.8, 4) is 17.2 Å². The van der Waals surface area contributed by atoms with Crippen LogP contribution in [0.25, 0.3) is 5.70 Å². The van der Waals surface area contributed by atoms with Gasteiger partial charge in [0.05, 0.1) is 31.7 Å². The molecule has 0 aromatic heterocycles. The predicted octanol–water partition coefficient (Wildman–Crippen LogP) is 3.63. The van der Waals surface area contributed by atoms with Crippen molar-refractivity contribution in [2.45, 2.75) is 6.04 Å². The molecule has 0 bridgehead atoms. The lowest BCUT2D eigenvalue weighted by molar-refractivity contribution is -0.125. The minimum Gasteiger partial charge on any atom is -0.493 e. The van der Waals surface area contributed by atoms with Crippen LogP contribution >= 0.6 is 11.8 Å². The summed E-state index contributed by atoms with van der Waals surface area (Å²) in [5, 5.41) is 0.616. The van der Waals surface area contributed by atoms with Crippen LogP contribution in [-0.2, 0) is 4.79 Å². The number of halogens is 1. The molecule has 148 valence electrons. The summed E-state index contributed by atoms with van der Waals surface area (Å²) in [6, 6.07) is 9.56. The summed E-state index contributed by atoms with van der Waals surface area (Å²) in [5.74, 6) is 1.69. The van der Waals surface area contributed by atoms with E-state index in [0.29, 0.717) is 39.4 Å². The standard InChI is InChI=1S/C21H17FN2O4S/c1-26-16-5-3-11(7-17(16)27-2)20-14-9-28-15-6-4-12(22)8-13(15)19(14)23-21-24(20)18(25)10-29-21/h3-8,20H,9-10H2,1-2H3. The van der Waals surface area contributed by atoms with Gasteiger partial charge < -0.3 is 14.2 Å². The molecular formula is C21H17FN2O4S. The van der Waals surface area contributed by atoms with Crippen molar-refractivity contribution in [1.29, 1.82) is 0 Å². The molecule has 5 rings (SSSR count). The van der Waals surface area contributed by atoms with E-state index in [1.54, 1.807) is 25.2 Å². The van der Waals surface area contributed by atoms with E-state index < -0.39 is 6.04 Å². The van der Waals surface area contributed by atoms with Gasteiger partial charge in [0.2, 0.25) is 5.91 Å². The third-order valence-corrected chi connectivity index (χ3v) is 6.14. The lowest BCUT2D eigenvalue weighted by Gasteiger charge is -2.37. The van der Waals surface area contributed by atoms with Crippen molar-refractivity contribution in [1.82, 2.24) is 4.90 Å². The first kappa shape index (κ1) is 18.1. The lowest BCUT2D eigenvalue weighted by atomic mass is 9.90. The summed E-state index contributed by atoms with van der Waals surface area (Å²) in [6.07, 6.45) is 0. The molecule has 1 saturated heterocycles. The number of amidine groups is 1. The molecule has 0 radical (unpaired) electrons. The molecule has 0 N–H and O–H groups in total. The highest BCUT2D eigenvalue weighted by Crippen LogP contribution is 2.48. The number of fused-ring (bicyclic) bond motifs is 3. The van der Waals surface area contributed by atoms with Gasteiger partial charge in [-0.3, -0.25) is 9.69 Å². The topological polar surface area (TPSA) is 60.4 Å². The van der Waals surface area contributed by atoms with E-state index in [1.165, 1.54) is 23.9 Å². The molecule has 29 heavy (non-hydrogen) atoms. The second-order valence-corrected chi connectivity index (χ2v) is 7.71. The molecule has 1 atom stereocenters. The Morgan fingerprint density at radius 3 is 2.79 bits per heavy atom. The third-order valence-electron chi connectivity index (χ3n) is 5.20. The van der Waals surface area contributed by atoms with Crippen LogP contribution in [0.2, 0.25) is 0 Å². The molecule has 0 aliphatic carbocycles. The van der Waals surface area contributed by atoms with Gasteiger partial charge in [0.15, 0.2) is 16.7 Å². The highest BCUT2D eigenvalue weighted by atomic mass is 32.2. The predicted molar refractivity (Wildman–Crippen MR) is 108 cm³/mol. The number of benzene rings is 2. The van der Waals surface area contributed by atoms with Crippen molar-refractivity contribution in [2.75, 3.05) is 26.6 Å². The molecule has 3 heterocycles. The Labute approximate surface area is 171 Å². The molecule has 3 aliphatic heterocycles. The van der Waals surface area contributed by atoms with Gasteiger partial charge in [0.1, 0.15) is 18.2 Å². The number of hydrogen-bond donors (Lipinski definition) is 0. The number of ether oxygens (including phenoxy) is 3. The van der Waals surface area contributed by atoms with Crippen LogP contribution < -0.4 is 14.2 Å². The largest absolute Gasteiger partial charge is 0.493 e. The fourth-order valence-corrected chi connectivity index (χ4v) is 4.78. The van der Waals surface area contributed by atoms with Gasteiger partial charge in [0.25, 0.3) is 0 Å². The first-order valence-corrected chi connectivity index (χ1v) is 10.0. The van der Waals surface area contributed by atoms with Crippen molar-refractivity contribution >= 4 is 28.5 Å². The second kappa shape index (κ2) is 6.81. The molecule has 6 nitrogen and oxygen atoms in total. The van der Waals surface area contributed by atoms with Gasteiger partial charge in [-0.05, 0) is 35.9 Å². The average molecular weight is 412 g/mol. The number of aliphatic imine (C=N–C) groups is 1. The molecule has 1 fully saturated rings. The molecule has 2 aromatic rings. The maximum atomic E-state index is 14.0. The molecule has 0 spiro atoms. The number of carbonyl (C=O) groups is 1. The first-order chi connectivity index (χ1) is 14.1. The van der Waals surface area contributed by atoms with Crippen LogP contribution in [0.3, 0.4) is 0 Å². The zero-order valence-electron chi connectivity index (χ0n) is 15.8. The average Bonchev–Trinajstić information content (AvgIpc) is 3.12. The molecule has 2 aromatic carbocycles. The number of amides is 1. The molecule has 1 unspecified atom stereocenters. The van der Waals surface area contributed by atoms with Crippen molar-refractivity contribution < 1.29 is 23.4 Å². The fraction of sp³-hybridized carbons (Fsp3) is 0.238.